The van der Waals surface area contributed by atoms with Crippen LogP contribution in [-0.2, 0) is 4.79 Å². The molecule has 0 amide bonds. The number of aliphatic carboxylic acids is 1. The molecule has 1 aromatic heterocycles. The minimum Gasteiger partial charge on any atom is -0.478 e. The van der Waals surface area contributed by atoms with E-state index in [2.05, 4.69) is 14.9 Å². The highest BCUT2D eigenvalue weighted by molar-refractivity contribution is 6.00. The van der Waals surface area contributed by atoms with Gasteiger partial charge in [0.15, 0.2) is 0 Å². The van der Waals surface area contributed by atoms with E-state index in [1.54, 1.807) is 24.4 Å². The van der Waals surface area contributed by atoms with Gasteiger partial charge in [-0.1, -0.05) is 49.4 Å². The first kappa shape index (κ1) is 23.8. The zero-order chi connectivity index (χ0) is 25.0. The first-order valence-electron chi connectivity index (χ1n) is 10.8. The standard InChI is InChI=1S/C27H21F3N2O3/c1-2-23(19-4-3-5-22(15-19)35-27(28,29)30)26(20-11-12-24-21(14-20)16-31-32-24)18-9-6-17(7-10-18)8-13-25(33)34/h3-16H,2H2,1H3,(H,31,32)(H,33,34). The van der Waals surface area contributed by atoms with Crippen molar-refractivity contribution in [2.75, 3.05) is 0 Å². The number of nitrogens with one attached hydrogen (secondary N) is 1. The van der Waals surface area contributed by atoms with Gasteiger partial charge in [-0.05, 0) is 70.2 Å². The summed E-state index contributed by atoms with van der Waals surface area (Å²) in [5.41, 5.74) is 5.54. The lowest BCUT2D eigenvalue weighted by molar-refractivity contribution is -0.274. The summed E-state index contributed by atoms with van der Waals surface area (Å²) in [4.78, 5) is 10.8. The number of ether oxygens (including phenoxy) is 1. The van der Waals surface area contributed by atoms with Crippen molar-refractivity contribution in [3.8, 4) is 5.75 Å². The Hall–Kier alpha value is -4.33. The maximum atomic E-state index is 12.8. The lowest BCUT2D eigenvalue weighted by atomic mass is 9.87. The van der Waals surface area contributed by atoms with E-state index in [-0.39, 0.29) is 5.75 Å². The molecule has 0 aliphatic rings. The molecule has 1 heterocycles. The first-order chi connectivity index (χ1) is 16.7. The molecule has 3 aromatic carbocycles. The van der Waals surface area contributed by atoms with E-state index in [1.807, 2.05) is 37.3 Å². The second-order valence-electron chi connectivity index (χ2n) is 7.75. The van der Waals surface area contributed by atoms with Crippen molar-refractivity contribution < 1.29 is 27.8 Å². The molecule has 0 unspecified atom stereocenters. The topological polar surface area (TPSA) is 75.2 Å². The molecule has 5 nitrogen and oxygen atoms in total. The molecule has 178 valence electrons. The number of hydrogen-bond acceptors (Lipinski definition) is 3. The van der Waals surface area contributed by atoms with Crippen molar-refractivity contribution in [1.29, 1.82) is 0 Å². The van der Waals surface area contributed by atoms with Gasteiger partial charge >= 0.3 is 12.3 Å². The highest BCUT2D eigenvalue weighted by Crippen LogP contribution is 2.37. The predicted octanol–water partition coefficient (Wildman–Crippen LogP) is 6.93. The van der Waals surface area contributed by atoms with Crippen molar-refractivity contribution >= 4 is 34.1 Å². The number of aromatic amines is 1. The Morgan fingerprint density at radius 3 is 2.46 bits per heavy atom. The van der Waals surface area contributed by atoms with E-state index in [1.165, 1.54) is 24.3 Å². The molecular weight excluding hydrogens is 457 g/mol. The number of carboxylic acids is 1. The summed E-state index contributed by atoms with van der Waals surface area (Å²) in [7, 11) is 0. The fourth-order valence-corrected chi connectivity index (χ4v) is 3.95. The molecular formula is C27H21F3N2O3. The summed E-state index contributed by atoms with van der Waals surface area (Å²) in [5.74, 6) is -1.34. The molecule has 0 fully saturated rings. The van der Waals surface area contributed by atoms with Crippen LogP contribution in [0.15, 0.2) is 79.0 Å². The SMILES string of the molecule is CCC(=C(c1ccc(C=CC(=O)O)cc1)c1ccc2[nH]ncc2c1)c1cccc(OC(F)(F)F)c1. The zero-order valence-corrected chi connectivity index (χ0v) is 18.6. The van der Waals surface area contributed by atoms with E-state index in [0.717, 1.165) is 39.3 Å². The maximum absolute atomic E-state index is 12.8. The van der Waals surface area contributed by atoms with Crippen LogP contribution in [0.5, 0.6) is 5.75 Å². The second-order valence-corrected chi connectivity index (χ2v) is 7.75. The number of halogens is 3. The van der Waals surface area contributed by atoms with Crippen molar-refractivity contribution in [1.82, 2.24) is 10.2 Å². The Balaban J connectivity index is 1.89. The number of H-pyrrole nitrogens is 1. The molecule has 0 spiro atoms. The Kier molecular flexibility index (Phi) is 6.73. The quantitative estimate of drug-likeness (QED) is 0.223. The number of carbonyl (C=O) groups is 1. The van der Waals surface area contributed by atoms with Gasteiger partial charge in [-0.25, -0.2) is 4.79 Å². The number of allylic oxidation sites excluding steroid dienone is 1. The van der Waals surface area contributed by atoms with Crippen molar-refractivity contribution in [2.24, 2.45) is 0 Å². The Morgan fingerprint density at radius 2 is 1.77 bits per heavy atom. The summed E-state index contributed by atoms with van der Waals surface area (Å²) < 4.78 is 42.6. The lowest BCUT2D eigenvalue weighted by Crippen LogP contribution is -2.17. The van der Waals surface area contributed by atoms with Crippen LogP contribution in [0, 0.1) is 0 Å². The Morgan fingerprint density at radius 1 is 1.03 bits per heavy atom. The number of hydrogen-bond donors (Lipinski definition) is 2. The average Bonchev–Trinajstić information content (AvgIpc) is 3.28. The fraction of sp³-hybridized carbons (Fsp3) is 0.111. The maximum Gasteiger partial charge on any atom is 0.573 e. The largest absolute Gasteiger partial charge is 0.573 e. The number of nitrogens with zero attached hydrogens (tertiary/aromatic N) is 1. The molecule has 4 aromatic rings. The molecule has 0 aliphatic carbocycles. The summed E-state index contributed by atoms with van der Waals surface area (Å²) in [6.07, 6.45) is 0.00560. The van der Waals surface area contributed by atoms with Crippen molar-refractivity contribution in [3.63, 3.8) is 0 Å². The molecule has 0 saturated heterocycles. The van der Waals surface area contributed by atoms with Gasteiger partial charge < -0.3 is 9.84 Å². The zero-order valence-electron chi connectivity index (χ0n) is 18.6. The summed E-state index contributed by atoms with van der Waals surface area (Å²) in [5, 5.41) is 16.8. The molecule has 0 aliphatic heterocycles. The summed E-state index contributed by atoms with van der Waals surface area (Å²) in [6.45, 7) is 1.94. The predicted molar refractivity (Wildman–Crippen MR) is 129 cm³/mol. The highest BCUT2D eigenvalue weighted by Gasteiger charge is 2.31. The van der Waals surface area contributed by atoms with Gasteiger partial charge in [0.1, 0.15) is 5.75 Å². The molecule has 0 saturated carbocycles. The number of rotatable bonds is 7. The molecule has 2 N–H and O–H groups in total. The second kappa shape index (κ2) is 9.89. The van der Waals surface area contributed by atoms with Crippen molar-refractivity contribution in [2.45, 2.75) is 19.7 Å². The summed E-state index contributed by atoms with van der Waals surface area (Å²) in [6, 6.07) is 19.0. The van der Waals surface area contributed by atoms with Gasteiger partial charge in [-0.3, -0.25) is 5.10 Å². The highest BCUT2D eigenvalue weighted by atomic mass is 19.4. The first-order valence-corrected chi connectivity index (χ1v) is 10.8. The fourth-order valence-electron chi connectivity index (χ4n) is 3.95. The number of aromatic nitrogens is 2. The van der Waals surface area contributed by atoms with Gasteiger partial charge in [0.25, 0.3) is 0 Å². The van der Waals surface area contributed by atoms with E-state index in [0.29, 0.717) is 17.5 Å². The smallest absolute Gasteiger partial charge is 0.478 e. The van der Waals surface area contributed by atoms with E-state index >= 15 is 0 Å². The van der Waals surface area contributed by atoms with Crippen LogP contribution in [0.1, 0.15) is 35.6 Å². The average molecular weight is 478 g/mol. The molecule has 8 heteroatoms. The number of fused-ring (bicyclic) bond motifs is 1. The molecule has 0 radical (unpaired) electrons. The Bertz CT molecular complexity index is 1420. The van der Waals surface area contributed by atoms with Gasteiger partial charge in [0.2, 0.25) is 0 Å². The molecule has 0 atom stereocenters. The minimum atomic E-state index is -4.79. The van der Waals surface area contributed by atoms with Crippen LogP contribution in [0.2, 0.25) is 0 Å². The third-order valence-corrected chi connectivity index (χ3v) is 5.42. The molecule has 35 heavy (non-hydrogen) atoms. The van der Waals surface area contributed by atoms with Gasteiger partial charge in [0.05, 0.1) is 11.7 Å². The van der Waals surface area contributed by atoms with Crippen molar-refractivity contribution in [3.05, 3.63) is 101 Å². The number of benzene rings is 3. The van der Waals surface area contributed by atoms with E-state index in [9.17, 15) is 18.0 Å². The monoisotopic (exact) mass is 478 g/mol. The van der Waals surface area contributed by atoms with Crippen LogP contribution >= 0.6 is 0 Å². The van der Waals surface area contributed by atoms with Crippen LogP contribution in [0.3, 0.4) is 0 Å². The number of alkyl halides is 3. The molecule has 4 rings (SSSR count). The minimum absolute atomic E-state index is 0.292. The van der Waals surface area contributed by atoms with Crippen LogP contribution in [0.25, 0.3) is 28.1 Å². The molecule has 0 bridgehead atoms. The van der Waals surface area contributed by atoms with Gasteiger partial charge in [-0.2, -0.15) is 5.10 Å². The normalized spacial score (nSPS) is 12.7. The Labute approximate surface area is 199 Å². The van der Waals surface area contributed by atoms with Gasteiger partial charge in [0, 0.05) is 11.5 Å². The number of carboxylic acid groups (broad SMARTS) is 1. The van der Waals surface area contributed by atoms with E-state index in [4.69, 9.17) is 5.11 Å². The van der Waals surface area contributed by atoms with Crippen LogP contribution < -0.4 is 4.74 Å². The van der Waals surface area contributed by atoms with Crippen LogP contribution in [-0.4, -0.2) is 27.6 Å². The van der Waals surface area contributed by atoms with Crippen LogP contribution in [0.4, 0.5) is 13.2 Å². The van der Waals surface area contributed by atoms with Gasteiger partial charge in [-0.15, -0.1) is 13.2 Å². The third-order valence-electron chi connectivity index (χ3n) is 5.42. The van der Waals surface area contributed by atoms with E-state index < -0.39 is 12.3 Å². The lowest BCUT2D eigenvalue weighted by Gasteiger charge is -2.18. The summed E-state index contributed by atoms with van der Waals surface area (Å²) >= 11 is 0. The third kappa shape index (κ3) is 5.78.